The lowest BCUT2D eigenvalue weighted by Crippen LogP contribution is -2.67. The van der Waals surface area contributed by atoms with Crippen molar-refractivity contribution in [3.05, 3.63) is 41.0 Å². The maximum atomic E-state index is 11.2. The molecule has 2 N–H and O–H groups in total. The number of rotatable bonds is 7. The zero-order valence-corrected chi connectivity index (χ0v) is 24.3. The minimum atomic E-state index is -0.412. The smallest absolute Gasteiger partial charge is 0.320 e. The fraction of sp³-hybridized carbons (Fsp3) is 0.656. The van der Waals surface area contributed by atoms with Gasteiger partial charge in [0.05, 0.1) is 31.3 Å². The van der Waals surface area contributed by atoms with Crippen molar-refractivity contribution in [2.75, 3.05) is 75.4 Å². The van der Waals surface area contributed by atoms with Crippen molar-refractivity contribution in [3.8, 4) is 12.1 Å². The summed E-state index contributed by atoms with van der Waals surface area (Å²) in [5.41, 5.74) is 2.88. The summed E-state index contributed by atoms with van der Waals surface area (Å²) in [6, 6.07) is 12.2. The predicted octanol–water partition coefficient (Wildman–Crippen LogP) is 1.85. The summed E-state index contributed by atoms with van der Waals surface area (Å²) in [7, 11) is 0. The predicted molar refractivity (Wildman–Crippen MR) is 158 cm³/mol. The van der Waals surface area contributed by atoms with Crippen molar-refractivity contribution in [1.82, 2.24) is 20.2 Å². The maximum Gasteiger partial charge on any atom is 0.320 e. The molecule has 5 heterocycles. The van der Waals surface area contributed by atoms with Gasteiger partial charge < -0.3 is 29.7 Å². The lowest BCUT2D eigenvalue weighted by Gasteiger charge is -2.56. The zero-order valence-electron chi connectivity index (χ0n) is 24.3. The number of hydrogen-bond donors (Lipinski definition) is 2. The molecule has 4 saturated heterocycles. The second-order valence-corrected chi connectivity index (χ2v) is 13.6. The van der Waals surface area contributed by atoms with Crippen molar-refractivity contribution in [1.29, 1.82) is 5.26 Å². The number of anilines is 2. The molecule has 4 aliphatic heterocycles. The molecule has 2 aromatic rings. The highest BCUT2D eigenvalue weighted by Gasteiger charge is 2.53. The van der Waals surface area contributed by atoms with Crippen molar-refractivity contribution in [2.24, 2.45) is 5.41 Å². The van der Waals surface area contributed by atoms with Crippen molar-refractivity contribution < 1.29 is 14.6 Å². The molecule has 10 nitrogen and oxygen atoms in total. The second kappa shape index (κ2) is 10.3. The van der Waals surface area contributed by atoms with E-state index in [4.69, 9.17) is 19.4 Å². The Balaban J connectivity index is 1.09. The van der Waals surface area contributed by atoms with E-state index in [-0.39, 0.29) is 10.8 Å². The topological polar surface area (TPSA) is 110 Å². The van der Waals surface area contributed by atoms with Gasteiger partial charge in [-0.25, -0.2) is 0 Å². The Labute approximate surface area is 247 Å². The van der Waals surface area contributed by atoms with Crippen LogP contribution < -0.4 is 19.9 Å². The number of ether oxygens (including phenoxy) is 2. The first-order valence-corrected chi connectivity index (χ1v) is 15.8. The first kappa shape index (κ1) is 26.6. The SMILES string of the molecule is N#Cc1c(N2CC3CC[C@H](C2)N3)nc(OCC2(CN3CCOCC3)CC2)nc1N1CC2(C1)c1ccccc1CCC2O. The lowest BCUT2D eigenvalue weighted by molar-refractivity contribution is 0.0231. The monoisotopic (exact) mass is 571 g/mol. The molecule has 42 heavy (non-hydrogen) atoms. The molecule has 1 spiro atoms. The molecular weight excluding hydrogens is 530 g/mol. The van der Waals surface area contributed by atoms with Crippen LogP contribution in [0.25, 0.3) is 0 Å². The van der Waals surface area contributed by atoms with E-state index in [9.17, 15) is 10.4 Å². The Morgan fingerprint density at radius 2 is 1.74 bits per heavy atom. The summed E-state index contributed by atoms with van der Waals surface area (Å²) in [6.07, 6.45) is 5.84. The van der Waals surface area contributed by atoms with Gasteiger partial charge in [0.1, 0.15) is 11.6 Å². The molecule has 2 aliphatic carbocycles. The maximum absolute atomic E-state index is 11.2. The molecule has 10 heteroatoms. The van der Waals surface area contributed by atoms with Gasteiger partial charge >= 0.3 is 6.01 Å². The number of nitrogens with one attached hydrogen (secondary N) is 1. The van der Waals surface area contributed by atoms with Gasteiger partial charge in [0, 0.05) is 63.3 Å². The highest BCUT2D eigenvalue weighted by molar-refractivity contribution is 5.69. The second-order valence-electron chi connectivity index (χ2n) is 13.6. The molecule has 6 aliphatic rings. The van der Waals surface area contributed by atoms with Crippen LogP contribution in [0.15, 0.2) is 24.3 Å². The molecule has 0 amide bonds. The number of hydrogen-bond acceptors (Lipinski definition) is 10. The number of aliphatic hydroxyl groups is 1. The van der Waals surface area contributed by atoms with Crippen LogP contribution in [-0.4, -0.2) is 104 Å². The number of aliphatic hydroxyl groups excluding tert-OH is 1. The normalized spacial score (nSPS) is 29.1. The van der Waals surface area contributed by atoms with E-state index in [1.165, 1.54) is 11.1 Å². The minimum absolute atomic E-state index is 0.139. The summed E-state index contributed by atoms with van der Waals surface area (Å²) < 4.78 is 12.0. The van der Waals surface area contributed by atoms with E-state index in [2.05, 4.69) is 50.4 Å². The van der Waals surface area contributed by atoms with Gasteiger partial charge in [0.15, 0.2) is 11.6 Å². The van der Waals surface area contributed by atoms with Crippen LogP contribution in [0.3, 0.4) is 0 Å². The van der Waals surface area contributed by atoms with Crippen LogP contribution in [0.4, 0.5) is 11.6 Å². The molecule has 8 rings (SSSR count). The molecule has 3 atom stereocenters. The van der Waals surface area contributed by atoms with Gasteiger partial charge in [0.25, 0.3) is 0 Å². The van der Waals surface area contributed by atoms with Gasteiger partial charge in [-0.05, 0) is 49.7 Å². The number of aryl methyl sites for hydroxylation is 1. The summed E-state index contributed by atoms with van der Waals surface area (Å²) in [4.78, 5) is 16.8. The molecule has 2 unspecified atom stereocenters. The third kappa shape index (κ3) is 4.62. The van der Waals surface area contributed by atoms with Crippen molar-refractivity contribution in [3.63, 3.8) is 0 Å². The average molecular weight is 572 g/mol. The minimum Gasteiger partial charge on any atom is -0.463 e. The van der Waals surface area contributed by atoms with Crippen LogP contribution in [0.5, 0.6) is 6.01 Å². The van der Waals surface area contributed by atoms with Crippen molar-refractivity contribution >= 4 is 11.6 Å². The van der Waals surface area contributed by atoms with E-state index in [0.29, 0.717) is 55.0 Å². The quantitative estimate of drug-likeness (QED) is 0.511. The van der Waals surface area contributed by atoms with Crippen LogP contribution in [0, 0.1) is 16.7 Å². The molecule has 1 aromatic heterocycles. The number of benzene rings is 1. The molecule has 1 saturated carbocycles. The van der Waals surface area contributed by atoms with Crippen LogP contribution in [0.1, 0.15) is 48.8 Å². The molecule has 1 aromatic carbocycles. The number of nitrogens with zero attached hydrogens (tertiary/aromatic N) is 6. The van der Waals surface area contributed by atoms with Crippen molar-refractivity contribution in [2.45, 2.75) is 62.1 Å². The summed E-state index contributed by atoms with van der Waals surface area (Å²) in [6.45, 7) is 8.05. The van der Waals surface area contributed by atoms with Gasteiger partial charge in [0.2, 0.25) is 0 Å². The standard InChI is InChI=1S/C32H41N7O3/c33-15-25-28(38-16-23-6-7-24(17-38)34-23)35-30(42-21-31(9-10-31)18-37-11-13-41-14-12-37)36-29(25)39-19-32(20-39)26-4-2-1-3-22(26)5-8-27(32)40/h1-4,23-24,27,34,40H,5-14,16-21H2/t23-,24?,27?/m1/s1. The number of morpholine rings is 1. The first-order chi connectivity index (χ1) is 20.5. The average Bonchev–Trinajstić information content (AvgIpc) is 3.68. The van der Waals surface area contributed by atoms with Gasteiger partial charge in [-0.2, -0.15) is 15.2 Å². The highest BCUT2D eigenvalue weighted by Crippen LogP contribution is 2.48. The summed E-state index contributed by atoms with van der Waals surface area (Å²) >= 11 is 0. The highest BCUT2D eigenvalue weighted by atomic mass is 16.5. The largest absolute Gasteiger partial charge is 0.463 e. The zero-order chi connectivity index (χ0) is 28.3. The molecule has 0 radical (unpaired) electrons. The summed E-state index contributed by atoms with van der Waals surface area (Å²) in [5.74, 6) is 1.33. The Kier molecular flexibility index (Phi) is 6.56. The van der Waals surface area contributed by atoms with Crippen LogP contribution in [0.2, 0.25) is 0 Å². The fourth-order valence-corrected chi connectivity index (χ4v) is 8.12. The number of aromatic nitrogens is 2. The van der Waals surface area contributed by atoms with Gasteiger partial charge in [-0.15, -0.1) is 0 Å². The van der Waals surface area contributed by atoms with E-state index < -0.39 is 6.10 Å². The van der Waals surface area contributed by atoms with Gasteiger partial charge in [-0.1, -0.05) is 24.3 Å². The van der Waals surface area contributed by atoms with E-state index in [1.54, 1.807) is 0 Å². The van der Waals surface area contributed by atoms with E-state index >= 15 is 0 Å². The molecule has 5 fully saturated rings. The molecule has 222 valence electrons. The van der Waals surface area contributed by atoms with Crippen LogP contribution in [-0.2, 0) is 16.6 Å². The Bertz CT molecular complexity index is 1370. The fourth-order valence-electron chi connectivity index (χ4n) is 8.12. The third-order valence-corrected chi connectivity index (χ3v) is 10.7. The Morgan fingerprint density at radius 3 is 2.45 bits per heavy atom. The molecule has 2 bridgehead atoms. The number of piperazine rings is 1. The van der Waals surface area contributed by atoms with E-state index in [1.807, 2.05) is 0 Å². The lowest BCUT2D eigenvalue weighted by atomic mass is 9.63. The van der Waals surface area contributed by atoms with Crippen LogP contribution >= 0.6 is 0 Å². The first-order valence-electron chi connectivity index (χ1n) is 15.8. The molecular formula is C32H41N7O3. The summed E-state index contributed by atoms with van der Waals surface area (Å²) in [5, 5.41) is 25.4. The Hall–Kier alpha value is -2.97. The number of fused-ring (bicyclic) bond motifs is 4. The number of nitriles is 1. The third-order valence-electron chi connectivity index (χ3n) is 10.7. The van der Waals surface area contributed by atoms with Gasteiger partial charge in [-0.3, -0.25) is 4.90 Å². The van der Waals surface area contributed by atoms with E-state index in [0.717, 1.165) is 84.5 Å². The Morgan fingerprint density at radius 1 is 1.02 bits per heavy atom.